The summed E-state index contributed by atoms with van der Waals surface area (Å²) in [5.41, 5.74) is 2.82. The van der Waals surface area contributed by atoms with E-state index in [2.05, 4.69) is 32.2 Å². The van der Waals surface area contributed by atoms with Crippen LogP contribution in [0.2, 0.25) is 0 Å². The molecule has 10 heavy (non-hydrogen) atoms. The average molecular weight is 136 g/mol. The van der Waals surface area contributed by atoms with Crippen LogP contribution in [0.15, 0.2) is 18.4 Å². The van der Waals surface area contributed by atoms with Crippen molar-refractivity contribution >= 4 is 0 Å². The third kappa shape index (κ3) is 1.75. The fourth-order valence-electron chi connectivity index (χ4n) is 1.59. The maximum atomic E-state index is 3.55. The van der Waals surface area contributed by atoms with E-state index in [-0.39, 0.29) is 0 Å². The third-order valence-corrected chi connectivity index (χ3v) is 2.54. The molecule has 0 spiro atoms. The van der Waals surface area contributed by atoms with Gasteiger partial charge in [0.05, 0.1) is 0 Å². The van der Waals surface area contributed by atoms with Gasteiger partial charge in [-0.2, -0.15) is 0 Å². The van der Waals surface area contributed by atoms with E-state index < -0.39 is 0 Å². The molecule has 1 aliphatic rings. The van der Waals surface area contributed by atoms with Crippen LogP contribution in [0.3, 0.4) is 0 Å². The molecule has 0 aliphatic heterocycles. The van der Waals surface area contributed by atoms with Crippen LogP contribution in [0, 0.1) is 17.8 Å². The fraction of sp³-hybridized carbons (Fsp3) is 0.700. The van der Waals surface area contributed by atoms with Crippen molar-refractivity contribution < 1.29 is 0 Å². The van der Waals surface area contributed by atoms with Gasteiger partial charge in [0, 0.05) is 0 Å². The predicted octanol–water partition coefficient (Wildman–Crippen LogP) is 3.01. The van der Waals surface area contributed by atoms with E-state index in [4.69, 9.17) is 0 Å². The van der Waals surface area contributed by atoms with Gasteiger partial charge in [-0.25, -0.2) is 0 Å². The van der Waals surface area contributed by atoms with Crippen LogP contribution in [0.5, 0.6) is 0 Å². The topological polar surface area (TPSA) is 0 Å². The second kappa shape index (κ2) is 3.07. The van der Waals surface area contributed by atoms with Gasteiger partial charge in [0.15, 0.2) is 0 Å². The summed E-state index contributed by atoms with van der Waals surface area (Å²) in [6, 6.07) is 0. The van der Waals surface area contributed by atoms with Crippen LogP contribution < -0.4 is 0 Å². The van der Waals surface area contributed by atoms with E-state index in [1.807, 2.05) is 0 Å². The number of hydrogen-bond donors (Lipinski definition) is 0. The van der Waals surface area contributed by atoms with Crippen LogP contribution >= 0.6 is 0 Å². The summed E-state index contributed by atoms with van der Waals surface area (Å²) in [6.07, 6.45) is 4.65. The first kappa shape index (κ1) is 7.63. The predicted molar refractivity (Wildman–Crippen MR) is 44.8 cm³/mol. The first-order chi connectivity index (χ1) is 4.75. The van der Waals surface area contributed by atoms with Crippen molar-refractivity contribution in [3.8, 4) is 0 Å². The van der Waals surface area contributed by atoms with E-state index >= 15 is 0 Å². The van der Waals surface area contributed by atoms with Gasteiger partial charge in [-0.3, -0.25) is 0 Å². The van der Waals surface area contributed by atoms with Crippen LogP contribution in [0.4, 0.5) is 0 Å². The molecule has 0 saturated heterocycles. The van der Waals surface area contributed by atoms with E-state index in [1.54, 1.807) is 0 Å². The monoisotopic (exact) mass is 136 g/mol. The van der Waals surface area contributed by atoms with Gasteiger partial charge in [-0.05, 0) is 36.7 Å². The minimum Gasteiger partial charge on any atom is -0.133 e. The molecular weight excluding hydrogens is 120 g/mol. The third-order valence-electron chi connectivity index (χ3n) is 2.54. The molecule has 1 fully saturated rings. The Balaban J connectivity index is 2.22. The molecule has 0 radical (unpaired) electrons. The van der Waals surface area contributed by atoms with E-state index in [0.717, 1.165) is 17.8 Å². The second-order valence-corrected chi connectivity index (χ2v) is 3.50. The fourth-order valence-corrected chi connectivity index (χ4v) is 1.59. The highest BCUT2D eigenvalue weighted by atomic mass is 14.4. The van der Waals surface area contributed by atoms with E-state index in [1.165, 1.54) is 12.8 Å². The summed E-state index contributed by atoms with van der Waals surface area (Å²) in [5, 5.41) is 0. The lowest BCUT2D eigenvalue weighted by molar-refractivity contribution is 0.490. The molecule has 0 heteroatoms. The van der Waals surface area contributed by atoms with Crippen molar-refractivity contribution in [2.24, 2.45) is 17.8 Å². The lowest BCUT2D eigenvalue weighted by atomic mass is 10.0. The molecule has 0 aromatic carbocycles. The van der Waals surface area contributed by atoms with Gasteiger partial charge >= 0.3 is 0 Å². The zero-order valence-corrected chi connectivity index (χ0v) is 6.93. The largest absolute Gasteiger partial charge is 0.133 e. The molecule has 3 atom stereocenters. The summed E-state index contributed by atoms with van der Waals surface area (Å²) < 4.78 is 0. The summed E-state index contributed by atoms with van der Waals surface area (Å²) in [7, 11) is 0. The quantitative estimate of drug-likeness (QED) is 0.523. The van der Waals surface area contributed by atoms with Crippen LogP contribution in [-0.2, 0) is 0 Å². The van der Waals surface area contributed by atoms with Gasteiger partial charge in [0.1, 0.15) is 0 Å². The Morgan fingerprint density at radius 3 is 2.80 bits per heavy atom. The normalized spacial score (nSPS) is 32.6. The van der Waals surface area contributed by atoms with Crippen LogP contribution in [0.25, 0.3) is 0 Å². The van der Waals surface area contributed by atoms with Gasteiger partial charge in [-0.15, -0.1) is 5.73 Å². The lowest BCUT2D eigenvalue weighted by Crippen LogP contribution is -1.95. The number of rotatable bonds is 3. The van der Waals surface area contributed by atoms with Crippen molar-refractivity contribution in [2.75, 3.05) is 0 Å². The molecule has 3 unspecified atom stereocenters. The highest BCUT2D eigenvalue weighted by Gasteiger charge is 2.36. The van der Waals surface area contributed by atoms with Crippen LogP contribution in [0.1, 0.15) is 26.7 Å². The molecule has 1 saturated carbocycles. The highest BCUT2D eigenvalue weighted by molar-refractivity contribution is 4.90. The molecule has 1 rings (SSSR count). The SMILES string of the molecule is C=C=CCC(C)C1CC1C. The Morgan fingerprint density at radius 2 is 2.40 bits per heavy atom. The maximum absolute atomic E-state index is 3.55. The Hall–Kier alpha value is -0.480. The Bertz CT molecular complexity index is 151. The summed E-state index contributed by atoms with van der Waals surface area (Å²) in [4.78, 5) is 0. The Kier molecular flexibility index (Phi) is 2.34. The first-order valence-corrected chi connectivity index (χ1v) is 4.10. The van der Waals surface area contributed by atoms with Crippen molar-refractivity contribution in [3.63, 3.8) is 0 Å². The smallest absolute Gasteiger partial charge is 0.0246 e. The number of allylic oxidation sites excluding steroid dienone is 1. The molecular formula is C10H16. The van der Waals surface area contributed by atoms with Crippen LogP contribution in [-0.4, -0.2) is 0 Å². The Labute approximate surface area is 63.6 Å². The van der Waals surface area contributed by atoms with Crippen molar-refractivity contribution in [3.05, 3.63) is 18.4 Å². The summed E-state index contributed by atoms with van der Waals surface area (Å²) >= 11 is 0. The minimum absolute atomic E-state index is 0.851. The number of hydrogen-bond acceptors (Lipinski definition) is 0. The van der Waals surface area contributed by atoms with E-state index in [0.29, 0.717) is 0 Å². The summed E-state index contributed by atoms with van der Waals surface area (Å²) in [5.74, 6) is 2.82. The zero-order valence-electron chi connectivity index (χ0n) is 6.93. The molecule has 0 amide bonds. The van der Waals surface area contributed by atoms with Gasteiger partial charge in [0.2, 0.25) is 0 Å². The van der Waals surface area contributed by atoms with Crippen molar-refractivity contribution in [1.29, 1.82) is 0 Å². The van der Waals surface area contributed by atoms with Gasteiger partial charge in [-0.1, -0.05) is 20.4 Å². The average Bonchev–Trinajstić information content (AvgIpc) is 2.62. The molecule has 0 N–H and O–H groups in total. The summed E-state index contributed by atoms with van der Waals surface area (Å²) in [6.45, 7) is 8.20. The van der Waals surface area contributed by atoms with E-state index in [9.17, 15) is 0 Å². The molecule has 0 aromatic heterocycles. The second-order valence-electron chi connectivity index (χ2n) is 3.50. The molecule has 0 nitrogen and oxygen atoms in total. The molecule has 0 heterocycles. The lowest BCUT2D eigenvalue weighted by Gasteiger charge is -2.04. The molecule has 0 aromatic rings. The maximum Gasteiger partial charge on any atom is -0.0246 e. The first-order valence-electron chi connectivity index (χ1n) is 4.10. The minimum atomic E-state index is 0.851. The zero-order chi connectivity index (χ0) is 7.56. The van der Waals surface area contributed by atoms with Gasteiger partial charge in [0.25, 0.3) is 0 Å². The molecule has 56 valence electrons. The highest BCUT2D eigenvalue weighted by Crippen LogP contribution is 2.44. The Morgan fingerprint density at radius 1 is 1.80 bits per heavy atom. The van der Waals surface area contributed by atoms with Crippen molar-refractivity contribution in [2.45, 2.75) is 26.7 Å². The van der Waals surface area contributed by atoms with Crippen molar-refractivity contribution in [1.82, 2.24) is 0 Å². The van der Waals surface area contributed by atoms with Gasteiger partial charge < -0.3 is 0 Å². The molecule has 1 aliphatic carbocycles. The molecule has 0 bridgehead atoms. The standard InChI is InChI=1S/C10H16/c1-4-5-6-8(2)10-7-9(10)3/h5,8-10H,1,6-7H2,2-3H3.